The second-order valence-electron chi connectivity index (χ2n) is 7.27. The zero-order valence-electron chi connectivity index (χ0n) is 16.9. The van der Waals surface area contributed by atoms with Gasteiger partial charge >= 0.3 is 0 Å². The van der Waals surface area contributed by atoms with E-state index in [1.807, 2.05) is 49.1 Å². The number of thiocarbonyl (C=S) groups is 1. The molecule has 2 heterocycles. The second kappa shape index (κ2) is 8.00. The first-order valence-corrected chi connectivity index (χ1v) is 10.2. The van der Waals surface area contributed by atoms with Crippen molar-refractivity contribution in [2.24, 2.45) is 0 Å². The highest BCUT2D eigenvalue weighted by Gasteiger charge is 2.41. The molecular formula is C22H25N3O3S. The molecule has 0 spiro atoms. The molecule has 2 fully saturated rings. The number of nitrogens with zero attached hydrogens (tertiary/aromatic N) is 3. The molecule has 0 radical (unpaired) electrons. The average molecular weight is 412 g/mol. The van der Waals surface area contributed by atoms with Crippen molar-refractivity contribution >= 4 is 40.3 Å². The van der Waals surface area contributed by atoms with Crippen LogP contribution < -0.4 is 19.4 Å². The molecule has 2 saturated heterocycles. The van der Waals surface area contributed by atoms with E-state index in [2.05, 4.69) is 17.0 Å². The maximum Gasteiger partial charge on any atom is 0.256 e. The molecule has 0 bridgehead atoms. The fourth-order valence-corrected chi connectivity index (χ4v) is 4.32. The fraction of sp³-hybridized carbons (Fsp3) is 0.364. The van der Waals surface area contributed by atoms with E-state index in [1.165, 1.54) is 0 Å². The number of ether oxygens (including phenoxy) is 2. The maximum atomic E-state index is 13.1. The lowest BCUT2D eigenvalue weighted by atomic mass is 10.1. The minimum absolute atomic E-state index is 0.0273. The molecule has 6 nitrogen and oxygen atoms in total. The van der Waals surface area contributed by atoms with Gasteiger partial charge < -0.3 is 19.3 Å². The Bertz CT molecular complexity index is 925. The summed E-state index contributed by atoms with van der Waals surface area (Å²) in [6, 6.07) is 13.5. The van der Waals surface area contributed by atoms with Crippen LogP contribution in [0, 0.1) is 6.92 Å². The summed E-state index contributed by atoms with van der Waals surface area (Å²) in [6.45, 7) is 7.13. The molecule has 1 amide bonds. The Kier molecular flexibility index (Phi) is 5.43. The van der Waals surface area contributed by atoms with Crippen molar-refractivity contribution in [2.75, 3.05) is 48.1 Å². The maximum absolute atomic E-state index is 13.1. The van der Waals surface area contributed by atoms with Gasteiger partial charge in [0.15, 0.2) is 5.11 Å². The Hall–Kier alpha value is -2.64. The van der Waals surface area contributed by atoms with Crippen molar-refractivity contribution in [2.45, 2.75) is 19.9 Å². The average Bonchev–Trinajstić information content (AvgIpc) is 2.97. The van der Waals surface area contributed by atoms with Gasteiger partial charge in [-0.15, -0.1) is 0 Å². The van der Waals surface area contributed by atoms with Crippen molar-refractivity contribution in [1.82, 2.24) is 0 Å². The van der Waals surface area contributed by atoms with E-state index in [4.69, 9.17) is 21.7 Å². The standard InChI is InChI=1S/C22H25N3O3S/c1-15-14-19(27-3)8-9-20(15)25-21(26)16(2)24(22(25)29)18-6-4-17(5-7-18)23-10-12-28-13-11-23/h4-9,14,16H,10-13H2,1-3H3. The SMILES string of the molecule is COc1ccc(N2C(=O)C(C)N(c3ccc(N4CCOCC4)cc3)C2=S)c(C)c1. The lowest BCUT2D eigenvalue weighted by Gasteiger charge is -2.29. The number of hydrogen-bond donors (Lipinski definition) is 0. The van der Waals surface area contributed by atoms with Crippen molar-refractivity contribution in [3.63, 3.8) is 0 Å². The van der Waals surface area contributed by atoms with Gasteiger partial charge in [0.1, 0.15) is 11.8 Å². The van der Waals surface area contributed by atoms with Crippen LogP contribution in [0.4, 0.5) is 17.1 Å². The van der Waals surface area contributed by atoms with Crippen LogP contribution in [0.5, 0.6) is 5.75 Å². The van der Waals surface area contributed by atoms with E-state index in [0.29, 0.717) is 5.11 Å². The summed E-state index contributed by atoms with van der Waals surface area (Å²) < 4.78 is 10.7. The van der Waals surface area contributed by atoms with Crippen LogP contribution in [0.25, 0.3) is 0 Å². The molecule has 2 aromatic rings. The number of carbonyl (C=O) groups is 1. The van der Waals surface area contributed by atoms with Crippen molar-refractivity contribution < 1.29 is 14.3 Å². The third-order valence-electron chi connectivity index (χ3n) is 5.51. The topological polar surface area (TPSA) is 45.2 Å². The number of benzene rings is 2. The summed E-state index contributed by atoms with van der Waals surface area (Å²) in [5.41, 5.74) is 3.81. The molecule has 2 aromatic carbocycles. The number of anilines is 3. The Morgan fingerprint density at radius 3 is 2.34 bits per heavy atom. The first kappa shape index (κ1) is 19.7. The molecular weight excluding hydrogens is 386 g/mol. The Morgan fingerprint density at radius 2 is 1.72 bits per heavy atom. The number of methoxy groups -OCH3 is 1. The van der Waals surface area contributed by atoms with Crippen LogP contribution in [0.2, 0.25) is 0 Å². The molecule has 152 valence electrons. The van der Waals surface area contributed by atoms with Crippen molar-refractivity contribution in [3.8, 4) is 5.75 Å². The van der Waals surface area contributed by atoms with Crippen LogP contribution in [-0.2, 0) is 9.53 Å². The van der Waals surface area contributed by atoms with Gasteiger partial charge in [-0.1, -0.05) is 0 Å². The molecule has 1 unspecified atom stereocenters. The zero-order valence-corrected chi connectivity index (χ0v) is 17.7. The monoisotopic (exact) mass is 411 g/mol. The highest BCUT2D eigenvalue weighted by atomic mass is 32.1. The van der Waals surface area contributed by atoms with Gasteiger partial charge in [-0.25, -0.2) is 0 Å². The smallest absolute Gasteiger partial charge is 0.256 e. The first-order valence-electron chi connectivity index (χ1n) is 9.76. The molecule has 4 rings (SSSR count). The second-order valence-corrected chi connectivity index (χ2v) is 7.64. The third kappa shape index (κ3) is 3.56. The van der Waals surface area contributed by atoms with E-state index in [0.717, 1.165) is 54.7 Å². The van der Waals surface area contributed by atoms with Crippen LogP contribution in [0.3, 0.4) is 0 Å². The van der Waals surface area contributed by atoms with E-state index < -0.39 is 0 Å². The number of carbonyl (C=O) groups excluding carboxylic acids is 1. The molecule has 0 aliphatic carbocycles. The van der Waals surface area contributed by atoms with E-state index in [-0.39, 0.29) is 11.9 Å². The van der Waals surface area contributed by atoms with Crippen LogP contribution >= 0.6 is 12.2 Å². The number of rotatable bonds is 4. The van der Waals surface area contributed by atoms with E-state index in [1.54, 1.807) is 12.0 Å². The molecule has 2 aliphatic heterocycles. The Balaban J connectivity index is 1.60. The quantitative estimate of drug-likeness (QED) is 0.719. The molecule has 0 N–H and O–H groups in total. The summed E-state index contributed by atoms with van der Waals surface area (Å²) >= 11 is 5.73. The molecule has 1 atom stereocenters. The van der Waals surface area contributed by atoms with Crippen LogP contribution in [0.1, 0.15) is 12.5 Å². The highest BCUT2D eigenvalue weighted by molar-refractivity contribution is 7.81. The molecule has 0 aromatic heterocycles. The van der Waals surface area contributed by atoms with Gasteiger partial charge in [-0.2, -0.15) is 0 Å². The van der Waals surface area contributed by atoms with E-state index in [9.17, 15) is 4.79 Å². The summed E-state index contributed by atoms with van der Waals surface area (Å²) in [5.74, 6) is 0.730. The Morgan fingerprint density at radius 1 is 1.07 bits per heavy atom. The number of morpholine rings is 1. The highest BCUT2D eigenvalue weighted by Crippen LogP contribution is 2.34. The predicted octanol–water partition coefficient (Wildman–Crippen LogP) is 3.37. The summed E-state index contributed by atoms with van der Waals surface area (Å²) in [5, 5.41) is 0.495. The lowest BCUT2D eigenvalue weighted by molar-refractivity contribution is -0.117. The molecule has 29 heavy (non-hydrogen) atoms. The predicted molar refractivity (Wildman–Crippen MR) is 119 cm³/mol. The molecule has 0 saturated carbocycles. The van der Waals surface area contributed by atoms with Gasteiger partial charge in [0.25, 0.3) is 5.91 Å². The number of hydrogen-bond acceptors (Lipinski definition) is 5. The van der Waals surface area contributed by atoms with E-state index >= 15 is 0 Å². The van der Waals surface area contributed by atoms with Gasteiger partial charge in [0.2, 0.25) is 0 Å². The molecule has 2 aliphatic rings. The van der Waals surface area contributed by atoms with Crippen molar-refractivity contribution in [1.29, 1.82) is 0 Å². The van der Waals surface area contributed by atoms with Gasteiger partial charge in [-0.3, -0.25) is 9.69 Å². The lowest BCUT2D eigenvalue weighted by Crippen LogP contribution is -2.36. The third-order valence-corrected chi connectivity index (χ3v) is 5.89. The minimum Gasteiger partial charge on any atom is -0.497 e. The summed E-state index contributed by atoms with van der Waals surface area (Å²) in [6.07, 6.45) is 0. The van der Waals surface area contributed by atoms with Gasteiger partial charge in [0, 0.05) is 24.5 Å². The summed E-state index contributed by atoms with van der Waals surface area (Å²) in [4.78, 5) is 18.9. The minimum atomic E-state index is -0.363. The van der Waals surface area contributed by atoms with Crippen molar-refractivity contribution in [3.05, 3.63) is 48.0 Å². The first-order chi connectivity index (χ1) is 14.0. The number of aryl methyl sites for hydroxylation is 1. The van der Waals surface area contributed by atoms with Crippen LogP contribution in [-0.4, -0.2) is 50.5 Å². The zero-order chi connectivity index (χ0) is 20.5. The largest absolute Gasteiger partial charge is 0.497 e. The fourth-order valence-electron chi connectivity index (χ4n) is 3.87. The van der Waals surface area contributed by atoms with Gasteiger partial charge in [0.05, 0.1) is 26.0 Å². The number of amides is 1. The van der Waals surface area contributed by atoms with Crippen LogP contribution in [0.15, 0.2) is 42.5 Å². The molecule has 7 heteroatoms. The van der Waals surface area contributed by atoms with Gasteiger partial charge in [-0.05, 0) is 74.1 Å². The normalized spacial score (nSPS) is 19.8. The Labute approximate surface area is 176 Å². The summed E-state index contributed by atoms with van der Waals surface area (Å²) in [7, 11) is 1.63.